The summed E-state index contributed by atoms with van der Waals surface area (Å²) in [5.74, 6) is 1.59. The topological polar surface area (TPSA) is 152 Å². The van der Waals surface area contributed by atoms with Crippen molar-refractivity contribution in [1.29, 1.82) is 5.26 Å². The van der Waals surface area contributed by atoms with Crippen LogP contribution in [0.1, 0.15) is 74.9 Å². The van der Waals surface area contributed by atoms with Gasteiger partial charge in [0, 0.05) is 24.7 Å². The molecule has 0 amide bonds. The van der Waals surface area contributed by atoms with Gasteiger partial charge in [0.2, 0.25) is 13.6 Å². The average Bonchev–Trinajstić information content (AvgIpc) is 3.22. The molecular formula is C47H57N2O11P. The van der Waals surface area contributed by atoms with Crippen LogP contribution in [-0.4, -0.2) is 63.4 Å². The predicted octanol–water partition coefficient (Wildman–Crippen LogP) is 9.52. The van der Waals surface area contributed by atoms with E-state index in [4.69, 9.17) is 37.5 Å². The summed E-state index contributed by atoms with van der Waals surface area (Å²) < 4.78 is 60.0. The van der Waals surface area contributed by atoms with Crippen molar-refractivity contribution in [2.45, 2.75) is 75.1 Å². The number of hydrogen-bond acceptors (Lipinski definition) is 13. The Morgan fingerprint density at radius 3 is 2.07 bits per heavy atom. The van der Waals surface area contributed by atoms with Crippen molar-refractivity contribution in [2.75, 3.05) is 46.6 Å². The Labute approximate surface area is 359 Å². The molecule has 0 N–H and O–H groups in total. The summed E-state index contributed by atoms with van der Waals surface area (Å²) in [6.45, 7) is 15.1. The summed E-state index contributed by atoms with van der Waals surface area (Å²) in [6.07, 6.45) is -0.106. The van der Waals surface area contributed by atoms with E-state index in [9.17, 15) is 19.4 Å². The molecule has 0 unspecified atom stereocenters. The standard InChI is InChI=1S/C47H57N2O11P/c1-32-22-38(27-49(9)18-21-61(52,59-30-57-44(50)46(3,4)5)60-31-58-45(51)47(6,7)8)42(55-28-35-13-10-12-34(23-35)26-48)25-41(32)56-29-37-14-11-15-39(33(37)2)36-16-17-40-43(24-36)54-20-19-53-40/h10-17,22-25H,18-21,27-31H2,1-9H3. The minimum absolute atomic E-state index is 0.106. The Hall–Kier alpha value is -5.38. The molecule has 1 aliphatic rings. The first-order chi connectivity index (χ1) is 28.8. The number of rotatable bonds is 18. The molecule has 0 spiro atoms. The molecule has 61 heavy (non-hydrogen) atoms. The largest absolute Gasteiger partial charge is 0.488 e. The molecule has 326 valence electrons. The van der Waals surface area contributed by atoms with E-state index in [1.54, 1.807) is 53.7 Å². The van der Waals surface area contributed by atoms with Gasteiger partial charge in [-0.1, -0.05) is 36.4 Å². The molecule has 4 aromatic rings. The highest BCUT2D eigenvalue weighted by atomic mass is 31.2. The van der Waals surface area contributed by atoms with Crippen molar-refractivity contribution in [3.63, 3.8) is 0 Å². The lowest BCUT2D eigenvalue weighted by Gasteiger charge is -2.24. The van der Waals surface area contributed by atoms with Gasteiger partial charge in [0.25, 0.3) is 0 Å². The van der Waals surface area contributed by atoms with Crippen LogP contribution in [0, 0.1) is 36.0 Å². The second-order valence-electron chi connectivity index (χ2n) is 17.0. The number of nitriles is 1. The predicted molar refractivity (Wildman–Crippen MR) is 230 cm³/mol. The lowest BCUT2D eigenvalue weighted by atomic mass is 9.96. The van der Waals surface area contributed by atoms with E-state index in [2.05, 4.69) is 19.1 Å². The van der Waals surface area contributed by atoms with Crippen molar-refractivity contribution in [1.82, 2.24) is 4.90 Å². The smallest absolute Gasteiger partial charge is 0.337 e. The monoisotopic (exact) mass is 856 g/mol. The summed E-state index contributed by atoms with van der Waals surface area (Å²) >= 11 is 0. The van der Waals surface area contributed by atoms with Gasteiger partial charge in [-0.3, -0.25) is 23.2 Å². The number of nitrogens with zero attached hydrogens (tertiary/aromatic N) is 2. The number of esters is 2. The average molecular weight is 857 g/mol. The van der Waals surface area contributed by atoms with Crippen LogP contribution in [0.5, 0.6) is 23.0 Å². The molecule has 1 aliphatic heterocycles. The van der Waals surface area contributed by atoms with Gasteiger partial charge < -0.3 is 33.3 Å². The van der Waals surface area contributed by atoms with Crippen molar-refractivity contribution in [2.24, 2.45) is 10.8 Å². The molecule has 0 atom stereocenters. The van der Waals surface area contributed by atoms with Crippen LogP contribution in [0.15, 0.2) is 72.8 Å². The van der Waals surface area contributed by atoms with Gasteiger partial charge in [-0.05, 0) is 126 Å². The third kappa shape index (κ3) is 13.3. The maximum Gasteiger partial charge on any atom is 0.337 e. The first-order valence-electron chi connectivity index (χ1n) is 20.1. The van der Waals surface area contributed by atoms with Crippen molar-refractivity contribution < 1.29 is 51.6 Å². The molecule has 13 nitrogen and oxygen atoms in total. The molecule has 14 heteroatoms. The molecule has 0 bridgehead atoms. The number of carbonyl (C=O) groups excluding carboxylic acids is 2. The highest BCUT2D eigenvalue weighted by Crippen LogP contribution is 2.48. The molecule has 0 aliphatic carbocycles. The van der Waals surface area contributed by atoms with E-state index in [0.29, 0.717) is 43.4 Å². The molecule has 0 saturated heterocycles. The molecule has 0 radical (unpaired) electrons. The van der Waals surface area contributed by atoms with E-state index >= 15 is 0 Å². The quantitative estimate of drug-likeness (QED) is 0.0531. The molecular weight excluding hydrogens is 799 g/mol. The van der Waals surface area contributed by atoms with Crippen LogP contribution in [0.25, 0.3) is 11.1 Å². The van der Waals surface area contributed by atoms with Crippen LogP contribution < -0.4 is 18.9 Å². The fourth-order valence-corrected chi connectivity index (χ4v) is 7.48. The Bertz CT molecular complexity index is 2240. The highest BCUT2D eigenvalue weighted by Gasteiger charge is 2.30. The zero-order chi connectivity index (χ0) is 44.4. The maximum absolute atomic E-state index is 14.0. The second kappa shape index (κ2) is 20.5. The molecule has 0 fully saturated rings. The lowest BCUT2D eigenvalue weighted by molar-refractivity contribution is -0.162. The highest BCUT2D eigenvalue weighted by molar-refractivity contribution is 7.53. The SMILES string of the molecule is Cc1cc(CN(C)CCP(=O)(OCOC(=O)C(C)(C)C)OCOC(=O)C(C)(C)C)c(OCc2cccc(C#N)c2)cc1OCc1cccc(-c2ccc3c(c2)OCCO3)c1C. The summed E-state index contributed by atoms with van der Waals surface area (Å²) in [4.78, 5) is 26.7. The van der Waals surface area contributed by atoms with E-state index < -0.39 is 44.0 Å². The summed E-state index contributed by atoms with van der Waals surface area (Å²) in [6, 6.07) is 25.4. The van der Waals surface area contributed by atoms with Gasteiger partial charge in [0.1, 0.15) is 37.9 Å². The molecule has 5 rings (SSSR count). The molecule has 0 aromatic heterocycles. The maximum atomic E-state index is 14.0. The van der Waals surface area contributed by atoms with E-state index in [0.717, 1.165) is 50.4 Å². The van der Waals surface area contributed by atoms with Gasteiger partial charge in [-0.25, -0.2) is 0 Å². The van der Waals surface area contributed by atoms with Gasteiger partial charge in [0.05, 0.1) is 28.6 Å². The zero-order valence-electron chi connectivity index (χ0n) is 36.6. The fourth-order valence-electron chi connectivity index (χ4n) is 6.14. The third-order valence-corrected chi connectivity index (χ3v) is 11.5. The van der Waals surface area contributed by atoms with Gasteiger partial charge in [-0.15, -0.1) is 0 Å². The Morgan fingerprint density at radius 1 is 0.770 bits per heavy atom. The number of benzene rings is 4. The van der Waals surface area contributed by atoms with Crippen LogP contribution in [-0.2, 0) is 52.4 Å². The number of ether oxygens (including phenoxy) is 6. The molecule has 4 aromatic carbocycles. The lowest BCUT2D eigenvalue weighted by Crippen LogP contribution is -2.26. The fraction of sp³-hybridized carbons (Fsp3) is 0.426. The summed E-state index contributed by atoms with van der Waals surface area (Å²) in [5, 5.41) is 9.47. The van der Waals surface area contributed by atoms with E-state index in [1.807, 2.05) is 73.5 Å². The zero-order valence-corrected chi connectivity index (χ0v) is 37.5. The minimum atomic E-state index is -3.94. The summed E-state index contributed by atoms with van der Waals surface area (Å²) in [5.41, 5.74) is 5.63. The minimum Gasteiger partial charge on any atom is -0.488 e. The van der Waals surface area contributed by atoms with Crippen molar-refractivity contribution in [3.8, 4) is 40.2 Å². The number of fused-ring (bicyclic) bond motifs is 1. The number of aryl methyl sites for hydroxylation is 1. The number of carbonyl (C=O) groups is 2. The van der Waals surface area contributed by atoms with Crippen LogP contribution in [0.4, 0.5) is 0 Å². The normalized spacial score (nSPS) is 12.7. The first-order valence-corrected chi connectivity index (χ1v) is 21.9. The Morgan fingerprint density at radius 2 is 1.41 bits per heavy atom. The van der Waals surface area contributed by atoms with Crippen molar-refractivity contribution in [3.05, 3.63) is 106 Å². The Balaban J connectivity index is 1.33. The van der Waals surface area contributed by atoms with Crippen molar-refractivity contribution >= 4 is 19.5 Å². The van der Waals surface area contributed by atoms with Crippen LogP contribution >= 0.6 is 7.60 Å². The molecule has 1 heterocycles. The van der Waals surface area contributed by atoms with Gasteiger partial charge >= 0.3 is 19.5 Å². The third-order valence-electron chi connectivity index (χ3n) is 9.79. The number of hydrogen-bond donors (Lipinski definition) is 0. The van der Waals surface area contributed by atoms with E-state index in [1.165, 1.54) is 0 Å². The molecule has 0 saturated carbocycles. The van der Waals surface area contributed by atoms with Crippen LogP contribution in [0.2, 0.25) is 0 Å². The van der Waals surface area contributed by atoms with Crippen LogP contribution in [0.3, 0.4) is 0 Å². The van der Waals surface area contributed by atoms with Gasteiger partial charge in [-0.2, -0.15) is 5.26 Å². The Kier molecular flexibility index (Phi) is 15.7. The first kappa shape index (κ1) is 46.7. The second-order valence-corrected chi connectivity index (χ2v) is 19.2. The summed E-state index contributed by atoms with van der Waals surface area (Å²) in [7, 11) is -2.09. The van der Waals surface area contributed by atoms with E-state index in [-0.39, 0.29) is 19.3 Å². The van der Waals surface area contributed by atoms with Gasteiger partial charge in [0.15, 0.2) is 11.5 Å².